The normalized spacial score (nSPS) is 16.8. The number of aromatic nitrogens is 3. The Morgan fingerprint density at radius 3 is 2.97 bits per heavy atom. The molecule has 5 rings (SSSR count). The van der Waals surface area contributed by atoms with E-state index in [4.69, 9.17) is 11.6 Å². The van der Waals surface area contributed by atoms with Gasteiger partial charge in [-0.05, 0) is 55.8 Å². The minimum atomic E-state index is -0.0613. The number of nitrogens with zero attached hydrogens (tertiary/aromatic N) is 3. The summed E-state index contributed by atoms with van der Waals surface area (Å²) in [6, 6.07) is 11.4. The predicted octanol–water partition coefficient (Wildman–Crippen LogP) is 4.06. The molecule has 1 saturated heterocycles. The van der Waals surface area contributed by atoms with Crippen LogP contribution in [-0.4, -0.2) is 39.6 Å². The monoisotopic (exact) mass is 440 g/mol. The van der Waals surface area contributed by atoms with Crippen LogP contribution in [0.25, 0.3) is 21.3 Å². The Kier molecular flexibility index (Phi) is 5.06. The zero-order chi connectivity index (χ0) is 20.7. The maximum Gasteiger partial charge on any atom is 0.251 e. The number of aryl methyl sites for hydroxylation is 1. The van der Waals surface area contributed by atoms with Crippen LogP contribution in [0.1, 0.15) is 23.2 Å². The van der Waals surface area contributed by atoms with E-state index in [1.54, 1.807) is 0 Å². The van der Waals surface area contributed by atoms with Crippen LogP contribution in [0.15, 0.2) is 36.4 Å². The number of thiazole rings is 1. The third kappa shape index (κ3) is 3.74. The highest BCUT2D eigenvalue weighted by molar-refractivity contribution is 7.22. The zero-order valence-corrected chi connectivity index (χ0v) is 18.0. The third-order valence-corrected chi connectivity index (χ3v) is 6.51. The van der Waals surface area contributed by atoms with Gasteiger partial charge in [0.2, 0.25) is 5.95 Å². The number of fused-ring (bicyclic) bond motifs is 2. The van der Waals surface area contributed by atoms with Gasteiger partial charge < -0.3 is 20.5 Å². The molecule has 0 radical (unpaired) electrons. The number of nitrogens with one attached hydrogen (secondary N) is 3. The lowest BCUT2D eigenvalue weighted by Gasteiger charge is -2.23. The molecule has 2 aromatic heterocycles. The Bertz CT molecular complexity index is 1240. The summed E-state index contributed by atoms with van der Waals surface area (Å²) < 4.78 is 2.97. The molecule has 154 valence electrons. The van der Waals surface area contributed by atoms with Gasteiger partial charge in [0, 0.05) is 30.2 Å². The van der Waals surface area contributed by atoms with Crippen molar-refractivity contribution >= 4 is 61.2 Å². The first-order valence-corrected chi connectivity index (χ1v) is 11.1. The van der Waals surface area contributed by atoms with Gasteiger partial charge in [0.25, 0.3) is 5.91 Å². The average molecular weight is 441 g/mol. The summed E-state index contributed by atoms with van der Waals surface area (Å²) in [6.07, 6.45) is 2.09. The number of benzene rings is 2. The molecule has 1 fully saturated rings. The number of halogens is 1. The number of rotatable bonds is 4. The Morgan fingerprint density at radius 2 is 2.13 bits per heavy atom. The van der Waals surface area contributed by atoms with E-state index in [0.717, 1.165) is 52.3 Å². The molecule has 1 amide bonds. The molecule has 0 spiro atoms. The summed E-state index contributed by atoms with van der Waals surface area (Å²) in [5.41, 5.74) is 3.21. The number of anilines is 2. The fourth-order valence-electron chi connectivity index (χ4n) is 3.74. The number of amides is 1. The summed E-state index contributed by atoms with van der Waals surface area (Å²) in [4.78, 5) is 21.9. The molecule has 0 unspecified atom stereocenters. The highest BCUT2D eigenvalue weighted by Crippen LogP contribution is 2.31. The number of piperidine rings is 1. The van der Waals surface area contributed by atoms with Gasteiger partial charge in [-0.15, -0.1) is 0 Å². The van der Waals surface area contributed by atoms with Gasteiger partial charge in [0.1, 0.15) is 0 Å². The maximum absolute atomic E-state index is 12.7. The van der Waals surface area contributed by atoms with Crippen LogP contribution in [0.4, 0.5) is 11.1 Å². The summed E-state index contributed by atoms with van der Waals surface area (Å²) in [7, 11) is 1.94. The number of hydrogen-bond acceptors (Lipinski definition) is 6. The van der Waals surface area contributed by atoms with Crippen molar-refractivity contribution < 1.29 is 4.79 Å². The predicted molar refractivity (Wildman–Crippen MR) is 122 cm³/mol. The second-order valence-electron chi connectivity index (χ2n) is 7.47. The highest BCUT2D eigenvalue weighted by Gasteiger charge is 2.18. The van der Waals surface area contributed by atoms with Gasteiger partial charge in [-0.3, -0.25) is 4.79 Å². The fourth-order valence-corrected chi connectivity index (χ4v) is 4.88. The molecule has 4 aromatic rings. The van der Waals surface area contributed by atoms with Gasteiger partial charge in [-0.1, -0.05) is 22.9 Å². The number of carbonyl (C=O) groups excluding carboxylic acids is 1. The van der Waals surface area contributed by atoms with E-state index in [2.05, 4.69) is 25.9 Å². The Labute approximate surface area is 182 Å². The third-order valence-electron chi connectivity index (χ3n) is 5.34. The molecule has 3 heterocycles. The molecular weight excluding hydrogens is 420 g/mol. The molecule has 1 aliphatic rings. The van der Waals surface area contributed by atoms with E-state index >= 15 is 0 Å². The number of hydrogen-bond donors (Lipinski definition) is 3. The summed E-state index contributed by atoms with van der Waals surface area (Å²) >= 11 is 7.60. The lowest BCUT2D eigenvalue weighted by Crippen LogP contribution is -2.45. The molecule has 2 aromatic carbocycles. The Hall–Kier alpha value is -2.68. The molecule has 1 atom stereocenters. The number of carbonyl (C=O) groups is 1. The van der Waals surface area contributed by atoms with Crippen molar-refractivity contribution in [2.45, 2.75) is 18.9 Å². The average Bonchev–Trinajstić information content (AvgIpc) is 3.28. The lowest BCUT2D eigenvalue weighted by molar-refractivity contribution is 0.0931. The highest BCUT2D eigenvalue weighted by atomic mass is 35.5. The lowest BCUT2D eigenvalue weighted by atomic mass is 10.1. The van der Waals surface area contributed by atoms with Gasteiger partial charge in [0.05, 0.1) is 21.3 Å². The van der Waals surface area contributed by atoms with E-state index in [1.807, 2.05) is 48.0 Å². The van der Waals surface area contributed by atoms with Crippen molar-refractivity contribution in [1.29, 1.82) is 0 Å². The molecule has 30 heavy (non-hydrogen) atoms. The van der Waals surface area contributed by atoms with Crippen molar-refractivity contribution in [3.05, 3.63) is 47.0 Å². The van der Waals surface area contributed by atoms with Crippen LogP contribution < -0.4 is 16.0 Å². The zero-order valence-electron chi connectivity index (χ0n) is 16.4. The van der Waals surface area contributed by atoms with Crippen LogP contribution in [0.5, 0.6) is 0 Å². The molecule has 7 nitrogen and oxygen atoms in total. The SMILES string of the molecule is Cn1c(Nc2nc3ccc(Cl)cc3s2)nc2cc(C(=O)N[C@@H]3CCCNC3)ccc21. The van der Waals surface area contributed by atoms with Crippen LogP contribution in [0.2, 0.25) is 5.02 Å². The molecule has 1 aliphatic heterocycles. The number of imidazole rings is 1. The van der Waals surface area contributed by atoms with Crippen LogP contribution in [0.3, 0.4) is 0 Å². The minimum Gasteiger partial charge on any atom is -0.348 e. The van der Waals surface area contributed by atoms with Gasteiger partial charge in [0.15, 0.2) is 5.13 Å². The van der Waals surface area contributed by atoms with Crippen molar-refractivity contribution in [2.24, 2.45) is 7.05 Å². The molecule has 0 aliphatic carbocycles. The standard InChI is InChI=1S/C21H21ClN6OS/c1-28-17-7-4-12(19(29)24-14-3-2-8-23-11-14)9-16(17)25-20(28)27-21-26-15-6-5-13(22)10-18(15)30-21/h4-7,9-10,14,23H,2-3,8,11H2,1H3,(H,24,29)(H,25,26,27)/t14-/m1/s1. The second-order valence-corrected chi connectivity index (χ2v) is 8.94. The summed E-state index contributed by atoms with van der Waals surface area (Å²) in [5, 5.41) is 11.2. The molecule has 3 N–H and O–H groups in total. The first-order chi connectivity index (χ1) is 14.6. The van der Waals surface area contributed by atoms with Crippen molar-refractivity contribution in [3.63, 3.8) is 0 Å². The first-order valence-electron chi connectivity index (χ1n) is 9.88. The molecular formula is C21H21ClN6OS. The first kappa shape index (κ1) is 19.3. The maximum atomic E-state index is 12.7. The van der Waals surface area contributed by atoms with E-state index < -0.39 is 0 Å². The minimum absolute atomic E-state index is 0.0613. The quantitative estimate of drug-likeness (QED) is 0.445. The van der Waals surface area contributed by atoms with Crippen molar-refractivity contribution in [2.75, 3.05) is 18.4 Å². The summed E-state index contributed by atoms with van der Waals surface area (Å²) in [5.74, 6) is 0.609. The van der Waals surface area contributed by atoms with Crippen LogP contribution >= 0.6 is 22.9 Å². The van der Waals surface area contributed by atoms with E-state index in [9.17, 15) is 4.79 Å². The Morgan fingerprint density at radius 1 is 1.23 bits per heavy atom. The van der Waals surface area contributed by atoms with Gasteiger partial charge in [-0.2, -0.15) is 0 Å². The van der Waals surface area contributed by atoms with Crippen LogP contribution in [-0.2, 0) is 7.05 Å². The van der Waals surface area contributed by atoms with Gasteiger partial charge in [-0.25, -0.2) is 9.97 Å². The Balaban J connectivity index is 1.39. The van der Waals surface area contributed by atoms with Crippen molar-refractivity contribution in [3.8, 4) is 0 Å². The second kappa shape index (κ2) is 7.86. The topological polar surface area (TPSA) is 83.9 Å². The van der Waals surface area contributed by atoms with E-state index in [0.29, 0.717) is 16.5 Å². The van der Waals surface area contributed by atoms with Crippen molar-refractivity contribution in [1.82, 2.24) is 25.2 Å². The largest absolute Gasteiger partial charge is 0.348 e. The summed E-state index contributed by atoms with van der Waals surface area (Å²) in [6.45, 7) is 1.84. The van der Waals surface area contributed by atoms with E-state index in [-0.39, 0.29) is 11.9 Å². The molecule has 0 saturated carbocycles. The molecule has 9 heteroatoms. The smallest absolute Gasteiger partial charge is 0.251 e. The van der Waals surface area contributed by atoms with Crippen LogP contribution in [0, 0.1) is 0 Å². The van der Waals surface area contributed by atoms with E-state index in [1.165, 1.54) is 11.3 Å². The molecule has 0 bridgehead atoms. The fraction of sp³-hybridized carbons (Fsp3) is 0.286. The van der Waals surface area contributed by atoms with Gasteiger partial charge >= 0.3 is 0 Å².